The van der Waals surface area contributed by atoms with Crippen LogP contribution in [0.2, 0.25) is 0 Å². The second-order valence-electron chi connectivity index (χ2n) is 3.35. The maximum atomic E-state index is 12.1. The van der Waals surface area contributed by atoms with Crippen molar-refractivity contribution in [1.29, 1.82) is 0 Å². The smallest absolute Gasteiger partial charge is 0.382 e. The Hall–Kier alpha value is -1.46. The highest BCUT2D eigenvalue weighted by molar-refractivity contribution is 5.58. The van der Waals surface area contributed by atoms with E-state index in [1.54, 1.807) is 0 Å². The lowest BCUT2D eigenvalue weighted by atomic mass is 10.2. The van der Waals surface area contributed by atoms with Crippen molar-refractivity contribution < 1.29 is 17.7 Å². The second kappa shape index (κ2) is 3.96. The molecule has 84 valence electrons. The Labute approximate surface area is 84.9 Å². The largest absolute Gasteiger partial charge is 0.452 e. The minimum Gasteiger partial charge on any atom is -0.382 e. The molecule has 0 fully saturated rings. The summed E-state index contributed by atoms with van der Waals surface area (Å²) in [7, 11) is 0. The van der Waals surface area contributed by atoms with E-state index in [9.17, 15) is 13.2 Å². The number of halogens is 3. The molecular formula is C9H11F3N2O. The van der Waals surface area contributed by atoms with Crippen LogP contribution in [0, 0.1) is 0 Å². The third kappa shape index (κ3) is 3.00. The van der Waals surface area contributed by atoms with Crippen molar-refractivity contribution in [3.05, 3.63) is 24.1 Å². The first kappa shape index (κ1) is 11.6. The molecule has 0 saturated heterocycles. The fraction of sp³-hybridized carbons (Fsp3) is 0.444. The van der Waals surface area contributed by atoms with Gasteiger partial charge in [-0.2, -0.15) is 13.2 Å². The van der Waals surface area contributed by atoms with Crippen molar-refractivity contribution in [2.45, 2.75) is 26.1 Å². The summed E-state index contributed by atoms with van der Waals surface area (Å²) in [5.74, 6) is -1.12. The standard InChI is InChI=1S/C9H11F3N2O/c1-5(2)13-6(3)7-4-8(15-14-7)9(10,11)12/h4-5,13H,3H2,1-2H3. The maximum Gasteiger partial charge on any atom is 0.452 e. The lowest BCUT2D eigenvalue weighted by molar-refractivity contribution is -0.155. The molecule has 0 aliphatic carbocycles. The Morgan fingerprint density at radius 3 is 2.53 bits per heavy atom. The van der Waals surface area contributed by atoms with E-state index in [1.165, 1.54) is 0 Å². The topological polar surface area (TPSA) is 38.1 Å². The van der Waals surface area contributed by atoms with Gasteiger partial charge in [-0.3, -0.25) is 0 Å². The zero-order valence-corrected chi connectivity index (χ0v) is 8.35. The fourth-order valence-corrected chi connectivity index (χ4v) is 0.973. The molecule has 1 N–H and O–H groups in total. The van der Waals surface area contributed by atoms with E-state index < -0.39 is 11.9 Å². The molecule has 0 aliphatic rings. The molecule has 0 bridgehead atoms. The van der Waals surface area contributed by atoms with Crippen LogP contribution in [0.4, 0.5) is 13.2 Å². The van der Waals surface area contributed by atoms with Crippen molar-refractivity contribution in [3.8, 4) is 0 Å². The summed E-state index contributed by atoms with van der Waals surface area (Å²) in [4.78, 5) is 0. The third-order valence-corrected chi connectivity index (χ3v) is 1.56. The first-order valence-corrected chi connectivity index (χ1v) is 4.30. The van der Waals surface area contributed by atoms with Gasteiger partial charge in [-0.25, -0.2) is 0 Å². The van der Waals surface area contributed by atoms with Gasteiger partial charge in [-0.05, 0) is 13.8 Å². The van der Waals surface area contributed by atoms with Gasteiger partial charge in [0.15, 0.2) is 0 Å². The van der Waals surface area contributed by atoms with Crippen LogP contribution in [0.5, 0.6) is 0 Å². The predicted octanol–water partition coefficient (Wildman–Crippen LogP) is 2.66. The molecule has 0 unspecified atom stereocenters. The summed E-state index contributed by atoms with van der Waals surface area (Å²) in [6, 6.07) is 0.890. The Morgan fingerprint density at radius 1 is 1.53 bits per heavy atom. The van der Waals surface area contributed by atoms with E-state index in [-0.39, 0.29) is 11.7 Å². The number of hydrogen-bond acceptors (Lipinski definition) is 3. The van der Waals surface area contributed by atoms with Gasteiger partial charge in [0.05, 0.1) is 5.70 Å². The van der Waals surface area contributed by atoms with Gasteiger partial charge >= 0.3 is 6.18 Å². The molecule has 0 radical (unpaired) electrons. The summed E-state index contributed by atoms with van der Waals surface area (Å²) in [6.07, 6.45) is -4.51. The first-order valence-electron chi connectivity index (χ1n) is 4.30. The summed E-state index contributed by atoms with van der Waals surface area (Å²) >= 11 is 0. The van der Waals surface area contributed by atoms with Crippen molar-refractivity contribution in [3.63, 3.8) is 0 Å². The van der Waals surface area contributed by atoms with E-state index in [0.29, 0.717) is 5.70 Å². The van der Waals surface area contributed by atoms with Crippen LogP contribution < -0.4 is 5.32 Å². The maximum absolute atomic E-state index is 12.1. The monoisotopic (exact) mass is 220 g/mol. The quantitative estimate of drug-likeness (QED) is 0.850. The fourth-order valence-electron chi connectivity index (χ4n) is 0.973. The van der Waals surface area contributed by atoms with E-state index >= 15 is 0 Å². The molecule has 0 aromatic carbocycles. The number of alkyl halides is 3. The second-order valence-corrected chi connectivity index (χ2v) is 3.35. The molecule has 6 heteroatoms. The van der Waals surface area contributed by atoms with Crippen molar-refractivity contribution in [2.75, 3.05) is 0 Å². The SMILES string of the molecule is C=C(NC(C)C)c1cc(C(F)(F)F)on1. The van der Waals surface area contributed by atoms with Crippen molar-refractivity contribution in [2.24, 2.45) is 0 Å². The molecule has 0 aliphatic heterocycles. The number of nitrogens with one attached hydrogen (secondary N) is 1. The van der Waals surface area contributed by atoms with E-state index in [1.807, 2.05) is 13.8 Å². The molecule has 0 amide bonds. The average Bonchev–Trinajstić information content (AvgIpc) is 2.48. The van der Waals surface area contributed by atoms with Crippen LogP contribution in [-0.4, -0.2) is 11.2 Å². The molecule has 1 rings (SSSR count). The van der Waals surface area contributed by atoms with Gasteiger partial charge < -0.3 is 9.84 Å². The summed E-state index contributed by atoms with van der Waals surface area (Å²) in [5, 5.41) is 6.12. The van der Waals surface area contributed by atoms with Crippen molar-refractivity contribution >= 4 is 5.70 Å². The van der Waals surface area contributed by atoms with Gasteiger partial charge in [-0.1, -0.05) is 11.7 Å². The highest BCUT2D eigenvalue weighted by Crippen LogP contribution is 2.30. The van der Waals surface area contributed by atoms with Crippen LogP contribution in [0.25, 0.3) is 5.70 Å². The molecule has 3 nitrogen and oxygen atoms in total. The van der Waals surface area contributed by atoms with Crippen LogP contribution in [0.1, 0.15) is 25.3 Å². The zero-order chi connectivity index (χ0) is 11.6. The van der Waals surface area contributed by atoms with Crippen LogP contribution in [0.15, 0.2) is 17.2 Å². The van der Waals surface area contributed by atoms with E-state index in [4.69, 9.17) is 0 Å². The molecule has 15 heavy (non-hydrogen) atoms. The molecule has 0 saturated carbocycles. The number of aromatic nitrogens is 1. The zero-order valence-electron chi connectivity index (χ0n) is 8.35. The number of hydrogen-bond donors (Lipinski definition) is 1. The van der Waals surface area contributed by atoms with Gasteiger partial charge in [0.2, 0.25) is 5.76 Å². The summed E-state index contributed by atoms with van der Waals surface area (Å²) in [5.41, 5.74) is 0.375. The predicted molar refractivity (Wildman–Crippen MR) is 48.8 cm³/mol. The lowest BCUT2D eigenvalue weighted by Crippen LogP contribution is -2.20. The van der Waals surface area contributed by atoms with Crippen LogP contribution in [-0.2, 0) is 6.18 Å². The molecular weight excluding hydrogens is 209 g/mol. The van der Waals surface area contributed by atoms with Crippen LogP contribution >= 0.6 is 0 Å². The Bertz CT molecular complexity index is 354. The minimum atomic E-state index is -4.51. The highest BCUT2D eigenvalue weighted by Gasteiger charge is 2.36. The number of nitrogens with zero attached hydrogens (tertiary/aromatic N) is 1. The summed E-state index contributed by atoms with van der Waals surface area (Å²) in [6.45, 7) is 7.25. The molecule has 0 spiro atoms. The van der Waals surface area contributed by atoms with Gasteiger partial charge in [-0.15, -0.1) is 0 Å². The third-order valence-electron chi connectivity index (χ3n) is 1.56. The molecule has 1 aromatic rings. The molecule has 1 heterocycles. The average molecular weight is 220 g/mol. The minimum absolute atomic E-state index is 0.0658. The van der Waals surface area contributed by atoms with Crippen LogP contribution in [0.3, 0.4) is 0 Å². The van der Waals surface area contributed by atoms with E-state index in [2.05, 4.69) is 21.6 Å². The molecule has 1 aromatic heterocycles. The lowest BCUT2D eigenvalue weighted by Gasteiger charge is -2.09. The van der Waals surface area contributed by atoms with Crippen molar-refractivity contribution in [1.82, 2.24) is 10.5 Å². The van der Waals surface area contributed by atoms with Gasteiger partial charge in [0.1, 0.15) is 5.69 Å². The Kier molecular flexibility index (Phi) is 3.06. The molecule has 0 atom stereocenters. The first-order chi connectivity index (χ1) is 6.80. The van der Waals surface area contributed by atoms with E-state index in [0.717, 1.165) is 6.07 Å². The van der Waals surface area contributed by atoms with Gasteiger partial charge in [0.25, 0.3) is 0 Å². The Balaban J connectivity index is 2.81. The number of rotatable bonds is 3. The summed E-state index contributed by atoms with van der Waals surface area (Å²) < 4.78 is 40.6. The van der Waals surface area contributed by atoms with Gasteiger partial charge in [0, 0.05) is 12.1 Å². The normalized spacial score (nSPS) is 11.9. The highest BCUT2D eigenvalue weighted by atomic mass is 19.4. The Morgan fingerprint density at radius 2 is 2.13 bits per heavy atom.